The Balaban J connectivity index is 1.49. The Hall–Kier alpha value is -1.20. The molecule has 2 aliphatic rings. The molecule has 2 aliphatic heterocycles. The van der Waals surface area contributed by atoms with Crippen molar-refractivity contribution in [2.45, 2.75) is 31.3 Å². The zero-order valence-corrected chi connectivity index (χ0v) is 10.6. The number of ether oxygens (including phenoxy) is 1. The van der Waals surface area contributed by atoms with Crippen molar-refractivity contribution >= 4 is 5.95 Å². The van der Waals surface area contributed by atoms with Crippen molar-refractivity contribution in [2.24, 2.45) is 0 Å². The Labute approximate surface area is 108 Å². The van der Waals surface area contributed by atoms with E-state index in [-0.39, 0.29) is 0 Å². The van der Waals surface area contributed by atoms with E-state index < -0.39 is 0 Å². The summed E-state index contributed by atoms with van der Waals surface area (Å²) in [6.45, 7) is 3.86. The number of nitrogens with one attached hydrogen (secondary N) is 1. The van der Waals surface area contributed by atoms with E-state index in [1.807, 2.05) is 18.5 Å². The summed E-state index contributed by atoms with van der Waals surface area (Å²) in [5.41, 5.74) is 0. The van der Waals surface area contributed by atoms with Gasteiger partial charge in [0.05, 0.1) is 6.61 Å². The van der Waals surface area contributed by atoms with Gasteiger partial charge in [0, 0.05) is 44.2 Å². The topological polar surface area (TPSA) is 50.3 Å². The number of hydrogen-bond acceptors (Lipinski definition) is 5. The van der Waals surface area contributed by atoms with Gasteiger partial charge >= 0.3 is 0 Å². The molecule has 0 spiro atoms. The molecule has 0 bridgehead atoms. The van der Waals surface area contributed by atoms with Crippen LogP contribution in [0.15, 0.2) is 18.5 Å². The number of rotatable bonds is 3. The molecular weight excluding hydrogens is 228 g/mol. The minimum absolute atomic E-state index is 0.564. The van der Waals surface area contributed by atoms with Crippen LogP contribution in [0.2, 0.25) is 0 Å². The van der Waals surface area contributed by atoms with E-state index in [2.05, 4.69) is 20.2 Å². The Morgan fingerprint density at radius 3 is 2.56 bits per heavy atom. The van der Waals surface area contributed by atoms with Crippen LogP contribution in [0.3, 0.4) is 0 Å². The Morgan fingerprint density at radius 2 is 1.89 bits per heavy atom. The lowest BCUT2D eigenvalue weighted by atomic mass is 10.0. The van der Waals surface area contributed by atoms with Gasteiger partial charge in [-0.15, -0.1) is 0 Å². The highest BCUT2D eigenvalue weighted by atomic mass is 16.5. The van der Waals surface area contributed by atoms with Crippen molar-refractivity contribution in [1.82, 2.24) is 15.3 Å². The average Bonchev–Trinajstić information content (AvgIpc) is 2.94. The van der Waals surface area contributed by atoms with Crippen molar-refractivity contribution < 1.29 is 4.74 Å². The lowest BCUT2D eigenvalue weighted by Gasteiger charge is -2.33. The summed E-state index contributed by atoms with van der Waals surface area (Å²) in [6, 6.07) is 3.05. The fourth-order valence-corrected chi connectivity index (χ4v) is 2.70. The molecule has 98 valence electrons. The second kappa shape index (κ2) is 5.63. The van der Waals surface area contributed by atoms with Crippen molar-refractivity contribution in [2.75, 3.05) is 31.2 Å². The minimum atomic E-state index is 0.564. The normalized spacial score (nSPS) is 25.6. The van der Waals surface area contributed by atoms with Crippen LogP contribution in [-0.4, -0.2) is 48.4 Å². The maximum absolute atomic E-state index is 5.40. The van der Waals surface area contributed by atoms with Crippen LogP contribution in [0.1, 0.15) is 19.3 Å². The quantitative estimate of drug-likeness (QED) is 0.858. The molecule has 3 rings (SSSR count). The highest BCUT2D eigenvalue weighted by Gasteiger charge is 2.24. The first-order chi connectivity index (χ1) is 8.92. The Morgan fingerprint density at radius 1 is 1.11 bits per heavy atom. The third-order valence-electron chi connectivity index (χ3n) is 3.73. The van der Waals surface area contributed by atoms with Gasteiger partial charge in [-0.2, -0.15) is 0 Å². The summed E-state index contributed by atoms with van der Waals surface area (Å²) in [5.74, 6) is 0.861. The standard InChI is InChI=1S/C13H20N4O/c1-5-14-13(15-6-1)17-7-2-11(3-8-17)16-12-4-9-18-10-12/h1,5-6,11-12,16H,2-4,7-10H2. The van der Waals surface area contributed by atoms with Crippen LogP contribution in [0.4, 0.5) is 5.95 Å². The van der Waals surface area contributed by atoms with E-state index in [1.165, 1.54) is 0 Å². The van der Waals surface area contributed by atoms with Crippen LogP contribution in [-0.2, 0) is 4.74 Å². The smallest absolute Gasteiger partial charge is 0.225 e. The molecule has 1 aromatic rings. The summed E-state index contributed by atoms with van der Waals surface area (Å²) >= 11 is 0. The van der Waals surface area contributed by atoms with Crippen molar-refractivity contribution in [3.63, 3.8) is 0 Å². The maximum atomic E-state index is 5.40. The molecule has 1 unspecified atom stereocenters. The molecule has 0 radical (unpaired) electrons. The molecule has 5 nitrogen and oxygen atoms in total. The summed E-state index contributed by atoms with van der Waals surface area (Å²) in [7, 11) is 0. The summed E-state index contributed by atoms with van der Waals surface area (Å²) in [4.78, 5) is 10.9. The van der Waals surface area contributed by atoms with E-state index in [0.717, 1.165) is 51.5 Å². The van der Waals surface area contributed by atoms with Gasteiger partial charge in [0.1, 0.15) is 0 Å². The molecule has 1 aromatic heterocycles. The molecule has 2 saturated heterocycles. The fraction of sp³-hybridized carbons (Fsp3) is 0.692. The number of anilines is 1. The number of aromatic nitrogens is 2. The molecule has 0 saturated carbocycles. The predicted molar refractivity (Wildman–Crippen MR) is 69.6 cm³/mol. The van der Waals surface area contributed by atoms with Crippen molar-refractivity contribution in [3.05, 3.63) is 18.5 Å². The average molecular weight is 248 g/mol. The van der Waals surface area contributed by atoms with Crippen molar-refractivity contribution in [1.29, 1.82) is 0 Å². The van der Waals surface area contributed by atoms with Gasteiger partial charge in [-0.3, -0.25) is 0 Å². The lowest BCUT2D eigenvalue weighted by molar-refractivity contribution is 0.186. The van der Waals surface area contributed by atoms with Gasteiger partial charge in [0.15, 0.2) is 0 Å². The maximum Gasteiger partial charge on any atom is 0.225 e. The van der Waals surface area contributed by atoms with Gasteiger partial charge in [-0.25, -0.2) is 9.97 Å². The first-order valence-corrected chi connectivity index (χ1v) is 6.77. The van der Waals surface area contributed by atoms with Crippen LogP contribution in [0.5, 0.6) is 0 Å². The summed E-state index contributed by atoms with van der Waals surface area (Å²) in [5, 5.41) is 3.70. The molecule has 0 aromatic carbocycles. The highest BCUT2D eigenvalue weighted by Crippen LogP contribution is 2.16. The highest BCUT2D eigenvalue weighted by molar-refractivity contribution is 5.29. The van der Waals surface area contributed by atoms with Gasteiger partial charge in [-0.05, 0) is 25.3 Å². The van der Waals surface area contributed by atoms with E-state index in [1.54, 1.807) is 0 Å². The summed E-state index contributed by atoms with van der Waals surface area (Å²) in [6.07, 6.45) is 7.09. The molecule has 18 heavy (non-hydrogen) atoms. The Kier molecular flexibility index (Phi) is 3.71. The molecule has 2 fully saturated rings. The number of hydrogen-bond donors (Lipinski definition) is 1. The van der Waals surface area contributed by atoms with Gasteiger partial charge in [0.25, 0.3) is 0 Å². The van der Waals surface area contributed by atoms with Gasteiger partial charge in [-0.1, -0.05) is 0 Å². The first-order valence-electron chi connectivity index (χ1n) is 6.77. The number of piperidine rings is 1. The van der Waals surface area contributed by atoms with Gasteiger partial charge < -0.3 is 15.0 Å². The third kappa shape index (κ3) is 2.79. The second-order valence-corrected chi connectivity index (χ2v) is 5.04. The predicted octanol–water partition coefficient (Wildman–Crippen LogP) is 0.824. The van der Waals surface area contributed by atoms with E-state index in [0.29, 0.717) is 12.1 Å². The van der Waals surface area contributed by atoms with E-state index in [4.69, 9.17) is 4.74 Å². The van der Waals surface area contributed by atoms with Crippen LogP contribution >= 0.6 is 0 Å². The molecule has 1 atom stereocenters. The van der Waals surface area contributed by atoms with Crippen LogP contribution in [0.25, 0.3) is 0 Å². The Bertz CT molecular complexity index is 359. The van der Waals surface area contributed by atoms with Crippen LogP contribution in [0, 0.1) is 0 Å². The third-order valence-corrected chi connectivity index (χ3v) is 3.73. The van der Waals surface area contributed by atoms with Gasteiger partial charge in [0.2, 0.25) is 5.95 Å². The van der Waals surface area contributed by atoms with E-state index >= 15 is 0 Å². The largest absolute Gasteiger partial charge is 0.380 e. The minimum Gasteiger partial charge on any atom is -0.380 e. The molecule has 5 heteroatoms. The lowest BCUT2D eigenvalue weighted by Crippen LogP contribution is -2.46. The van der Waals surface area contributed by atoms with Crippen molar-refractivity contribution in [3.8, 4) is 0 Å². The molecule has 0 aliphatic carbocycles. The first kappa shape index (κ1) is 11.9. The zero-order valence-electron chi connectivity index (χ0n) is 10.6. The number of nitrogens with zero attached hydrogens (tertiary/aromatic N) is 3. The fourth-order valence-electron chi connectivity index (χ4n) is 2.70. The molecule has 0 amide bonds. The molecular formula is C13H20N4O. The van der Waals surface area contributed by atoms with Crippen LogP contribution < -0.4 is 10.2 Å². The SMILES string of the molecule is c1cnc(N2CCC(NC3CCOC3)CC2)nc1. The van der Waals surface area contributed by atoms with E-state index in [9.17, 15) is 0 Å². The zero-order chi connectivity index (χ0) is 12.2. The molecule has 3 heterocycles. The monoisotopic (exact) mass is 248 g/mol. The summed E-state index contributed by atoms with van der Waals surface area (Å²) < 4.78 is 5.40. The molecule has 1 N–H and O–H groups in total. The second-order valence-electron chi connectivity index (χ2n) is 5.04.